The van der Waals surface area contributed by atoms with E-state index in [1.807, 2.05) is 20.8 Å². The summed E-state index contributed by atoms with van der Waals surface area (Å²) in [6.45, 7) is 7.99. The van der Waals surface area contributed by atoms with Gasteiger partial charge < -0.3 is 0 Å². The molecule has 0 unspecified atom stereocenters. The van der Waals surface area contributed by atoms with E-state index in [-0.39, 0.29) is 10.3 Å². The molecule has 0 saturated heterocycles. The largest absolute Gasteiger partial charge is 0.281 e. The van der Waals surface area contributed by atoms with Crippen molar-refractivity contribution < 1.29 is 8.42 Å². The van der Waals surface area contributed by atoms with E-state index in [0.29, 0.717) is 12.2 Å². The Balaban J connectivity index is 2.82. The number of aromatic nitrogens is 2. The van der Waals surface area contributed by atoms with Crippen molar-refractivity contribution in [2.75, 3.05) is 6.54 Å². The number of nitrogens with zero attached hydrogens (tertiary/aromatic N) is 1. The lowest BCUT2D eigenvalue weighted by atomic mass is 9.98. The molecule has 0 bridgehead atoms. The van der Waals surface area contributed by atoms with E-state index in [4.69, 9.17) is 0 Å². The van der Waals surface area contributed by atoms with Crippen LogP contribution in [0.25, 0.3) is 0 Å². The molecule has 0 aromatic carbocycles. The van der Waals surface area contributed by atoms with E-state index < -0.39 is 10.0 Å². The minimum absolute atomic E-state index is 0.0787. The van der Waals surface area contributed by atoms with Crippen molar-refractivity contribution in [1.82, 2.24) is 14.9 Å². The summed E-state index contributed by atoms with van der Waals surface area (Å²) in [6.07, 6.45) is 1.32. The molecule has 0 radical (unpaired) electrons. The van der Waals surface area contributed by atoms with Crippen molar-refractivity contribution in [3.05, 3.63) is 11.9 Å². The zero-order valence-electron chi connectivity index (χ0n) is 9.46. The molecule has 1 aromatic rings. The number of aryl methyl sites for hydroxylation is 1. The molecule has 86 valence electrons. The fourth-order valence-corrected chi connectivity index (χ4v) is 2.42. The summed E-state index contributed by atoms with van der Waals surface area (Å²) in [4.78, 5) is 0.215. The van der Waals surface area contributed by atoms with Gasteiger partial charge in [0.1, 0.15) is 4.90 Å². The molecule has 0 amide bonds. The Bertz CT molecular complexity index is 428. The average molecular weight is 231 g/mol. The molecule has 6 heteroatoms. The predicted octanol–water partition coefficient (Wildman–Crippen LogP) is 1.04. The summed E-state index contributed by atoms with van der Waals surface area (Å²) in [7, 11) is -3.42. The fourth-order valence-electron chi connectivity index (χ4n) is 1.000. The molecule has 0 fully saturated rings. The third kappa shape index (κ3) is 3.32. The van der Waals surface area contributed by atoms with E-state index >= 15 is 0 Å². The first-order chi connectivity index (χ1) is 6.72. The van der Waals surface area contributed by atoms with Gasteiger partial charge in [0, 0.05) is 6.54 Å². The topological polar surface area (TPSA) is 74.8 Å². The molecule has 1 heterocycles. The highest BCUT2D eigenvalue weighted by molar-refractivity contribution is 7.89. The van der Waals surface area contributed by atoms with Gasteiger partial charge in [-0.05, 0) is 12.3 Å². The van der Waals surface area contributed by atoms with Crippen molar-refractivity contribution in [2.24, 2.45) is 5.41 Å². The summed E-state index contributed by atoms with van der Waals surface area (Å²) in [6, 6.07) is 0. The maximum atomic E-state index is 11.8. The first-order valence-electron chi connectivity index (χ1n) is 4.72. The number of rotatable bonds is 3. The standard InChI is InChI=1S/C9H17N3O2S/c1-7-8(5-10-12-7)15(13,14)11-6-9(2,3)4/h5,11H,6H2,1-4H3,(H,10,12). The molecule has 1 rings (SSSR count). The Morgan fingerprint density at radius 1 is 1.47 bits per heavy atom. The number of sulfonamides is 1. The minimum atomic E-state index is -3.42. The van der Waals surface area contributed by atoms with Gasteiger partial charge in [-0.25, -0.2) is 13.1 Å². The SMILES string of the molecule is Cc1[nH]ncc1S(=O)(=O)NCC(C)(C)C. The smallest absolute Gasteiger partial charge is 0.243 e. The van der Waals surface area contributed by atoms with Crippen LogP contribution in [-0.4, -0.2) is 25.2 Å². The summed E-state index contributed by atoms with van der Waals surface area (Å²) in [5, 5.41) is 6.29. The summed E-state index contributed by atoms with van der Waals surface area (Å²) < 4.78 is 26.1. The van der Waals surface area contributed by atoms with E-state index in [2.05, 4.69) is 14.9 Å². The molecule has 0 atom stereocenters. The molecule has 0 saturated carbocycles. The highest BCUT2D eigenvalue weighted by atomic mass is 32.2. The highest BCUT2D eigenvalue weighted by Gasteiger charge is 2.21. The van der Waals surface area contributed by atoms with Crippen molar-refractivity contribution >= 4 is 10.0 Å². The monoisotopic (exact) mass is 231 g/mol. The Morgan fingerprint density at radius 2 is 2.07 bits per heavy atom. The van der Waals surface area contributed by atoms with Gasteiger partial charge >= 0.3 is 0 Å². The van der Waals surface area contributed by atoms with Gasteiger partial charge in [0.25, 0.3) is 0 Å². The molecule has 0 aliphatic rings. The lowest BCUT2D eigenvalue weighted by molar-refractivity contribution is 0.407. The van der Waals surface area contributed by atoms with Gasteiger partial charge in [-0.3, -0.25) is 5.10 Å². The first-order valence-corrected chi connectivity index (χ1v) is 6.20. The lowest BCUT2D eigenvalue weighted by Gasteiger charge is -2.18. The maximum absolute atomic E-state index is 11.8. The fraction of sp³-hybridized carbons (Fsp3) is 0.667. The molecular formula is C9H17N3O2S. The average Bonchev–Trinajstić information content (AvgIpc) is 2.47. The first kappa shape index (κ1) is 12.2. The zero-order valence-corrected chi connectivity index (χ0v) is 10.3. The van der Waals surface area contributed by atoms with Crippen LogP contribution in [0.1, 0.15) is 26.5 Å². The van der Waals surface area contributed by atoms with Crippen molar-refractivity contribution in [1.29, 1.82) is 0 Å². The molecule has 15 heavy (non-hydrogen) atoms. The Morgan fingerprint density at radius 3 is 2.47 bits per heavy atom. The van der Waals surface area contributed by atoms with Crippen LogP contribution in [-0.2, 0) is 10.0 Å². The Hall–Kier alpha value is -0.880. The summed E-state index contributed by atoms with van der Waals surface area (Å²) >= 11 is 0. The van der Waals surface area contributed by atoms with E-state index in [0.717, 1.165) is 0 Å². The van der Waals surface area contributed by atoms with Crippen LogP contribution in [0.15, 0.2) is 11.1 Å². The second-order valence-corrected chi connectivity index (χ2v) is 6.48. The van der Waals surface area contributed by atoms with Gasteiger partial charge in [-0.2, -0.15) is 5.10 Å². The van der Waals surface area contributed by atoms with Crippen LogP contribution in [0, 0.1) is 12.3 Å². The third-order valence-corrected chi connectivity index (χ3v) is 3.38. The van der Waals surface area contributed by atoms with E-state index in [9.17, 15) is 8.42 Å². The molecule has 0 aliphatic carbocycles. The van der Waals surface area contributed by atoms with E-state index in [1.54, 1.807) is 6.92 Å². The van der Waals surface area contributed by atoms with Crippen LogP contribution in [0.3, 0.4) is 0 Å². The third-order valence-electron chi connectivity index (χ3n) is 1.87. The predicted molar refractivity (Wildman–Crippen MR) is 58.0 cm³/mol. The van der Waals surface area contributed by atoms with Crippen LogP contribution >= 0.6 is 0 Å². The van der Waals surface area contributed by atoms with Crippen molar-refractivity contribution in [2.45, 2.75) is 32.6 Å². The van der Waals surface area contributed by atoms with Crippen molar-refractivity contribution in [3.63, 3.8) is 0 Å². The molecule has 0 spiro atoms. The second-order valence-electron chi connectivity index (χ2n) is 4.74. The van der Waals surface area contributed by atoms with Crippen LogP contribution in [0.4, 0.5) is 0 Å². The second kappa shape index (κ2) is 3.94. The zero-order chi connectivity index (χ0) is 11.7. The van der Waals surface area contributed by atoms with Crippen LogP contribution in [0.2, 0.25) is 0 Å². The van der Waals surface area contributed by atoms with Gasteiger partial charge in [0.05, 0.1) is 11.9 Å². The maximum Gasteiger partial charge on any atom is 0.243 e. The summed E-state index contributed by atoms with van der Waals surface area (Å²) in [5.74, 6) is 0. The minimum Gasteiger partial charge on any atom is -0.281 e. The summed E-state index contributed by atoms with van der Waals surface area (Å²) in [5.41, 5.74) is 0.474. The Labute approximate surface area is 90.3 Å². The number of aromatic amines is 1. The molecule has 5 nitrogen and oxygen atoms in total. The van der Waals surface area contributed by atoms with Gasteiger partial charge in [-0.1, -0.05) is 20.8 Å². The quantitative estimate of drug-likeness (QED) is 0.816. The normalized spacial score (nSPS) is 13.1. The number of hydrogen-bond donors (Lipinski definition) is 2. The number of hydrogen-bond acceptors (Lipinski definition) is 3. The molecular weight excluding hydrogens is 214 g/mol. The highest BCUT2D eigenvalue weighted by Crippen LogP contribution is 2.15. The Kier molecular flexibility index (Phi) is 3.20. The van der Waals surface area contributed by atoms with Crippen LogP contribution in [0.5, 0.6) is 0 Å². The van der Waals surface area contributed by atoms with Crippen LogP contribution < -0.4 is 4.72 Å². The number of nitrogens with one attached hydrogen (secondary N) is 2. The number of H-pyrrole nitrogens is 1. The lowest BCUT2D eigenvalue weighted by Crippen LogP contribution is -2.32. The van der Waals surface area contributed by atoms with E-state index in [1.165, 1.54) is 6.20 Å². The van der Waals surface area contributed by atoms with Gasteiger partial charge in [0.2, 0.25) is 10.0 Å². The van der Waals surface area contributed by atoms with Crippen molar-refractivity contribution in [3.8, 4) is 0 Å². The van der Waals surface area contributed by atoms with Gasteiger partial charge in [-0.15, -0.1) is 0 Å². The molecule has 2 N–H and O–H groups in total. The molecule has 0 aliphatic heterocycles. The van der Waals surface area contributed by atoms with Gasteiger partial charge in [0.15, 0.2) is 0 Å². The molecule has 1 aromatic heterocycles.